The normalized spacial score (nSPS) is 23.4. The molecule has 2 heterocycles. The van der Waals surface area contributed by atoms with Crippen LogP contribution in [0.2, 0.25) is 0 Å². The second-order valence-electron chi connectivity index (χ2n) is 12.8. The number of hydrogen-bond donors (Lipinski definition) is 0. The van der Waals surface area contributed by atoms with Crippen LogP contribution in [-0.2, 0) is 25.0 Å². The molecular formula is C32H39B2BrO4. The Balaban J connectivity index is 1.33. The zero-order valence-corrected chi connectivity index (χ0v) is 26.0. The van der Waals surface area contributed by atoms with Gasteiger partial charge in [0.15, 0.2) is 0 Å². The molecule has 5 rings (SSSR count). The van der Waals surface area contributed by atoms with Crippen molar-refractivity contribution in [2.75, 3.05) is 0 Å². The van der Waals surface area contributed by atoms with Crippen molar-refractivity contribution in [3.05, 3.63) is 82.3 Å². The number of hydrogen-bond acceptors (Lipinski definition) is 4. The van der Waals surface area contributed by atoms with E-state index in [-0.39, 0.29) is 0 Å². The lowest BCUT2D eigenvalue weighted by Crippen LogP contribution is -2.45. The molecule has 0 N–H and O–H groups in total. The minimum Gasteiger partial charge on any atom is -0.405 e. The fraction of sp³-hybridized carbons (Fsp3) is 0.438. The van der Waals surface area contributed by atoms with Crippen LogP contribution in [-0.4, -0.2) is 36.4 Å². The molecular weight excluding hydrogens is 550 g/mol. The molecule has 2 aliphatic heterocycles. The van der Waals surface area contributed by atoms with Crippen molar-refractivity contribution in [3.8, 4) is 22.3 Å². The summed E-state index contributed by atoms with van der Waals surface area (Å²) in [5, 5.41) is 0. The molecule has 204 valence electrons. The Kier molecular flexibility index (Phi) is 7.48. The van der Waals surface area contributed by atoms with E-state index in [0.717, 1.165) is 17.3 Å². The SMILES string of the molecule is Cc1cccc(-c2cc(Br)cc(-c3cccc(CCC4(C)OB(B5OC(C)(C)C(C)(C)O5)OC4(C)C)c3)c2)c1. The molecule has 39 heavy (non-hydrogen) atoms. The molecule has 0 amide bonds. The Morgan fingerprint density at radius 2 is 1.15 bits per heavy atom. The van der Waals surface area contributed by atoms with E-state index in [4.69, 9.17) is 18.6 Å². The quantitative estimate of drug-likeness (QED) is 0.272. The first-order chi connectivity index (χ1) is 18.2. The van der Waals surface area contributed by atoms with Gasteiger partial charge in [-0.15, -0.1) is 0 Å². The average molecular weight is 589 g/mol. The molecule has 2 saturated heterocycles. The molecule has 0 spiro atoms. The minimum absolute atomic E-state index is 0.431. The van der Waals surface area contributed by atoms with Crippen LogP contribution in [0.3, 0.4) is 0 Å². The van der Waals surface area contributed by atoms with Crippen molar-refractivity contribution >= 4 is 29.9 Å². The summed E-state index contributed by atoms with van der Waals surface area (Å²) in [5.74, 6) is 0. The highest BCUT2D eigenvalue weighted by Crippen LogP contribution is 2.45. The van der Waals surface area contributed by atoms with Crippen LogP contribution >= 0.6 is 15.9 Å². The van der Waals surface area contributed by atoms with E-state index < -0.39 is 36.4 Å². The maximum atomic E-state index is 6.58. The summed E-state index contributed by atoms with van der Waals surface area (Å²) in [5.41, 5.74) is 5.49. The van der Waals surface area contributed by atoms with Crippen LogP contribution < -0.4 is 0 Å². The summed E-state index contributed by atoms with van der Waals surface area (Å²) in [4.78, 5) is 0. The van der Waals surface area contributed by atoms with Gasteiger partial charge >= 0.3 is 14.0 Å². The van der Waals surface area contributed by atoms with Crippen molar-refractivity contribution < 1.29 is 18.6 Å². The van der Waals surface area contributed by atoms with Gasteiger partial charge < -0.3 is 18.6 Å². The van der Waals surface area contributed by atoms with Crippen LogP contribution in [0, 0.1) is 6.92 Å². The van der Waals surface area contributed by atoms with Gasteiger partial charge in [0.2, 0.25) is 0 Å². The molecule has 1 atom stereocenters. The molecule has 3 aromatic rings. The van der Waals surface area contributed by atoms with Gasteiger partial charge in [0.1, 0.15) is 0 Å². The zero-order valence-electron chi connectivity index (χ0n) is 24.4. The Bertz CT molecular complexity index is 1360. The van der Waals surface area contributed by atoms with Crippen molar-refractivity contribution in [1.29, 1.82) is 0 Å². The lowest BCUT2D eigenvalue weighted by molar-refractivity contribution is -0.0152. The van der Waals surface area contributed by atoms with Gasteiger partial charge in [-0.25, -0.2) is 0 Å². The largest absolute Gasteiger partial charge is 0.488 e. The second-order valence-corrected chi connectivity index (χ2v) is 13.7. The maximum absolute atomic E-state index is 6.58. The van der Waals surface area contributed by atoms with Crippen LogP contribution in [0.15, 0.2) is 71.2 Å². The van der Waals surface area contributed by atoms with E-state index in [9.17, 15) is 0 Å². The molecule has 2 aliphatic rings. The third kappa shape index (κ3) is 5.67. The summed E-state index contributed by atoms with van der Waals surface area (Å²) in [7, 11) is -1.13. The van der Waals surface area contributed by atoms with Crippen molar-refractivity contribution in [3.63, 3.8) is 0 Å². The molecule has 0 aromatic heterocycles. The van der Waals surface area contributed by atoms with Crippen molar-refractivity contribution in [2.24, 2.45) is 0 Å². The fourth-order valence-corrected chi connectivity index (χ4v) is 5.84. The number of rotatable bonds is 6. The molecule has 1 unspecified atom stereocenters. The molecule has 3 aromatic carbocycles. The minimum atomic E-state index is -0.570. The second kappa shape index (κ2) is 10.2. The van der Waals surface area contributed by atoms with Crippen molar-refractivity contribution in [2.45, 2.75) is 90.6 Å². The monoisotopic (exact) mass is 588 g/mol. The fourth-order valence-electron chi connectivity index (χ4n) is 5.35. The van der Waals surface area contributed by atoms with E-state index in [1.54, 1.807) is 0 Å². The first-order valence-corrected chi connectivity index (χ1v) is 14.7. The average Bonchev–Trinajstić information content (AvgIpc) is 3.24. The summed E-state index contributed by atoms with van der Waals surface area (Å²) in [6.45, 7) is 16.7. The van der Waals surface area contributed by atoms with Gasteiger partial charge in [0.05, 0.1) is 22.4 Å². The smallest absolute Gasteiger partial charge is 0.405 e. The van der Waals surface area contributed by atoms with Gasteiger partial charge in [-0.1, -0.05) is 70.0 Å². The van der Waals surface area contributed by atoms with Crippen LogP contribution in [0.1, 0.15) is 66.0 Å². The summed E-state index contributed by atoms with van der Waals surface area (Å²) in [6, 6.07) is 24.1. The molecule has 7 heteroatoms. The Morgan fingerprint density at radius 1 is 0.615 bits per heavy atom. The van der Waals surface area contributed by atoms with E-state index in [1.807, 2.05) is 27.7 Å². The van der Waals surface area contributed by atoms with Crippen LogP contribution in [0.25, 0.3) is 22.3 Å². The number of aryl methyl sites for hydroxylation is 2. The zero-order chi connectivity index (χ0) is 28.2. The Morgan fingerprint density at radius 3 is 1.77 bits per heavy atom. The van der Waals surface area contributed by atoms with Gasteiger partial charge in [-0.2, -0.15) is 0 Å². The van der Waals surface area contributed by atoms with E-state index in [1.165, 1.54) is 33.4 Å². The standard InChI is InChI=1S/C32H39B2BrO4/c1-22-11-9-13-24(17-22)26-19-27(21-28(35)20-26)25-14-10-12-23(18-25)15-16-32(8)31(6,7)38-34(39-32)33-36-29(2,3)30(4,5)37-33/h9-14,17-21H,15-16H2,1-8H3. The van der Waals surface area contributed by atoms with Gasteiger partial charge in [0, 0.05) is 4.47 Å². The molecule has 0 aliphatic carbocycles. The summed E-state index contributed by atoms with van der Waals surface area (Å²) >= 11 is 3.74. The number of halogens is 1. The third-order valence-electron chi connectivity index (χ3n) is 8.95. The highest BCUT2D eigenvalue weighted by Gasteiger charge is 2.64. The third-order valence-corrected chi connectivity index (χ3v) is 9.41. The number of benzene rings is 3. The molecule has 0 saturated carbocycles. The van der Waals surface area contributed by atoms with Gasteiger partial charge in [-0.05, 0) is 114 Å². The van der Waals surface area contributed by atoms with Crippen LogP contribution in [0.4, 0.5) is 0 Å². The predicted octanol–water partition coefficient (Wildman–Crippen LogP) is 8.27. The molecule has 0 radical (unpaired) electrons. The van der Waals surface area contributed by atoms with E-state index >= 15 is 0 Å². The Labute approximate surface area is 243 Å². The highest BCUT2D eigenvalue weighted by atomic mass is 79.9. The predicted molar refractivity (Wildman–Crippen MR) is 165 cm³/mol. The highest BCUT2D eigenvalue weighted by molar-refractivity contribution is 9.10. The molecule has 2 fully saturated rings. The van der Waals surface area contributed by atoms with Crippen molar-refractivity contribution in [1.82, 2.24) is 0 Å². The lowest BCUT2D eigenvalue weighted by atomic mass is 9.49. The first-order valence-electron chi connectivity index (χ1n) is 13.9. The Hall–Kier alpha value is -1.89. The summed E-state index contributed by atoms with van der Waals surface area (Å²) < 4.78 is 26.6. The van der Waals surface area contributed by atoms with E-state index in [0.29, 0.717) is 0 Å². The first kappa shape index (κ1) is 28.6. The maximum Gasteiger partial charge on any atom is 0.488 e. The summed E-state index contributed by atoms with van der Waals surface area (Å²) in [6.07, 6.45) is 1.68. The molecule has 0 bridgehead atoms. The van der Waals surface area contributed by atoms with Gasteiger partial charge in [-0.3, -0.25) is 0 Å². The topological polar surface area (TPSA) is 36.9 Å². The molecule has 4 nitrogen and oxygen atoms in total. The van der Waals surface area contributed by atoms with Crippen LogP contribution in [0.5, 0.6) is 0 Å². The lowest BCUT2D eigenvalue weighted by Gasteiger charge is -2.36. The van der Waals surface area contributed by atoms with E-state index in [2.05, 4.69) is 110 Å². The van der Waals surface area contributed by atoms with Gasteiger partial charge in [0.25, 0.3) is 0 Å².